The van der Waals surface area contributed by atoms with Crippen LogP contribution in [-0.4, -0.2) is 33.6 Å². The van der Waals surface area contributed by atoms with Crippen LogP contribution in [0, 0.1) is 0 Å². The van der Waals surface area contributed by atoms with Crippen LogP contribution in [0.2, 0.25) is 0 Å². The van der Waals surface area contributed by atoms with Crippen molar-refractivity contribution in [1.29, 1.82) is 0 Å². The largest absolute Gasteiger partial charge is 0.396 e. The van der Waals surface area contributed by atoms with Crippen molar-refractivity contribution in [2.24, 2.45) is 0 Å². The monoisotopic (exact) mass is 148 g/mol. The predicted octanol–water partition coefficient (Wildman–Crippen LogP) is -0.109. The Morgan fingerprint density at radius 1 is 1.50 bits per heavy atom. The van der Waals surface area contributed by atoms with Crippen LogP contribution in [0.15, 0.2) is 0 Å². The van der Waals surface area contributed by atoms with E-state index in [1.165, 1.54) is 6.92 Å². The van der Waals surface area contributed by atoms with Gasteiger partial charge < -0.3 is 15.3 Å². The quantitative estimate of drug-likeness (QED) is 0.521. The Balaban J connectivity index is 3.63. The highest BCUT2D eigenvalue weighted by molar-refractivity contribution is 4.77. The molecule has 0 aliphatic rings. The third kappa shape index (κ3) is 3.15. The molecule has 0 aliphatic carbocycles. The van der Waals surface area contributed by atoms with Gasteiger partial charge in [0.2, 0.25) is 0 Å². The van der Waals surface area contributed by atoms with Gasteiger partial charge in [0.05, 0.1) is 11.7 Å². The maximum atomic E-state index is 9.36. The summed E-state index contributed by atoms with van der Waals surface area (Å²) in [7, 11) is 0. The molecule has 0 fully saturated rings. The topological polar surface area (TPSA) is 60.7 Å². The zero-order valence-electron chi connectivity index (χ0n) is 6.54. The lowest BCUT2D eigenvalue weighted by Crippen LogP contribution is -2.37. The van der Waals surface area contributed by atoms with E-state index in [1.807, 2.05) is 0 Å². The van der Waals surface area contributed by atoms with Crippen LogP contribution in [0.3, 0.4) is 0 Å². The predicted molar refractivity (Wildman–Crippen MR) is 38.6 cm³/mol. The fraction of sp³-hybridized carbons (Fsp3) is 1.00. The van der Waals surface area contributed by atoms with E-state index < -0.39 is 11.7 Å². The van der Waals surface area contributed by atoms with E-state index in [1.54, 1.807) is 6.92 Å². The summed E-state index contributed by atoms with van der Waals surface area (Å²) in [6.07, 6.45) is 0.220. The Morgan fingerprint density at radius 3 is 2.30 bits per heavy atom. The number of aliphatic hydroxyl groups is 3. The van der Waals surface area contributed by atoms with Crippen molar-refractivity contribution in [3.63, 3.8) is 0 Å². The zero-order chi connectivity index (χ0) is 8.20. The first kappa shape index (κ1) is 9.88. The number of aliphatic hydroxyl groups excluding tert-OH is 2. The fourth-order valence-electron chi connectivity index (χ4n) is 0.646. The van der Waals surface area contributed by atoms with Crippen LogP contribution in [-0.2, 0) is 0 Å². The zero-order valence-corrected chi connectivity index (χ0v) is 6.54. The molecule has 0 amide bonds. The molecule has 0 bridgehead atoms. The lowest BCUT2D eigenvalue weighted by Gasteiger charge is -2.25. The second-order valence-electron chi connectivity index (χ2n) is 2.86. The summed E-state index contributed by atoms with van der Waals surface area (Å²) in [5.74, 6) is 0. The highest BCUT2D eigenvalue weighted by Crippen LogP contribution is 2.15. The molecule has 10 heavy (non-hydrogen) atoms. The fourth-order valence-corrected chi connectivity index (χ4v) is 0.646. The van der Waals surface area contributed by atoms with Crippen LogP contribution in [0.4, 0.5) is 0 Å². The SMILES string of the molecule is CC(O)C(C)(O)CCCO. The molecule has 0 heterocycles. The molecule has 0 rings (SSSR count). The maximum absolute atomic E-state index is 9.36. The van der Waals surface area contributed by atoms with E-state index in [2.05, 4.69) is 0 Å². The van der Waals surface area contributed by atoms with E-state index in [0.717, 1.165) is 0 Å². The van der Waals surface area contributed by atoms with E-state index >= 15 is 0 Å². The summed E-state index contributed by atoms with van der Waals surface area (Å²) in [5, 5.41) is 26.8. The summed E-state index contributed by atoms with van der Waals surface area (Å²) in [6.45, 7) is 3.16. The van der Waals surface area contributed by atoms with Gasteiger partial charge in [0.1, 0.15) is 0 Å². The van der Waals surface area contributed by atoms with Gasteiger partial charge in [-0.15, -0.1) is 0 Å². The van der Waals surface area contributed by atoms with Gasteiger partial charge in [0, 0.05) is 6.61 Å². The lowest BCUT2D eigenvalue weighted by atomic mass is 9.95. The molecule has 0 aromatic rings. The van der Waals surface area contributed by atoms with Crippen molar-refractivity contribution < 1.29 is 15.3 Å². The first-order chi connectivity index (χ1) is 4.50. The van der Waals surface area contributed by atoms with Gasteiger partial charge in [-0.2, -0.15) is 0 Å². The maximum Gasteiger partial charge on any atom is 0.0875 e. The van der Waals surface area contributed by atoms with Gasteiger partial charge >= 0.3 is 0 Å². The first-order valence-electron chi connectivity index (χ1n) is 3.52. The number of rotatable bonds is 4. The summed E-state index contributed by atoms with van der Waals surface area (Å²) < 4.78 is 0. The summed E-state index contributed by atoms with van der Waals surface area (Å²) in [5.41, 5.74) is -1.05. The van der Waals surface area contributed by atoms with Crippen LogP contribution in [0.1, 0.15) is 26.7 Å². The Hall–Kier alpha value is -0.120. The molecule has 0 aliphatic heterocycles. The van der Waals surface area contributed by atoms with Gasteiger partial charge in [-0.1, -0.05) is 0 Å². The molecule has 0 saturated carbocycles. The molecule has 3 heteroatoms. The highest BCUT2D eigenvalue weighted by atomic mass is 16.3. The highest BCUT2D eigenvalue weighted by Gasteiger charge is 2.25. The third-order valence-electron chi connectivity index (χ3n) is 1.74. The molecule has 2 atom stereocenters. The van der Waals surface area contributed by atoms with Crippen molar-refractivity contribution in [2.45, 2.75) is 38.4 Å². The van der Waals surface area contributed by atoms with Crippen LogP contribution >= 0.6 is 0 Å². The van der Waals surface area contributed by atoms with E-state index in [9.17, 15) is 5.11 Å². The molecular formula is C7H16O3. The van der Waals surface area contributed by atoms with Crippen LogP contribution in [0.25, 0.3) is 0 Å². The summed E-state index contributed by atoms with van der Waals surface area (Å²) >= 11 is 0. The smallest absolute Gasteiger partial charge is 0.0875 e. The van der Waals surface area contributed by atoms with Crippen molar-refractivity contribution in [1.82, 2.24) is 0 Å². The minimum absolute atomic E-state index is 0.0584. The molecule has 3 nitrogen and oxygen atoms in total. The van der Waals surface area contributed by atoms with E-state index in [-0.39, 0.29) is 6.61 Å². The Bertz CT molecular complexity index is 88.9. The molecular weight excluding hydrogens is 132 g/mol. The lowest BCUT2D eigenvalue weighted by molar-refractivity contribution is -0.0603. The second kappa shape index (κ2) is 3.91. The van der Waals surface area contributed by atoms with Crippen LogP contribution in [0.5, 0.6) is 0 Å². The molecule has 3 N–H and O–H groups in total. The van der Waals surface area contributed by atoms with E-state index in [4.69, 9.17) is 10.2 Å². The Morgan fingerprint density at radius 2 is 2.00 bits per heavy atom. The normalized spacial score (nSPS) is 20.1. The van der Waals surface area contributed by atoms with Gasteiger partial charge in [0.15, 0.2) is 0 Å². The number of hydrogen-bond donors (Lipinski definition) is 3. The molecule has 0 aromatic carbocycles. The van der Waals surface area contributed by atoms with Crippen molar-refractivity contribution in [3.8, 4) is 0 Å². The standard InChI is InChI=1S/C7H16O3/c1-6(9)7(2,10)4-3-5-8/h6,8-10H,3-5H2,1-2H3. The average Bonchev–Trinajstić information content (AvgIpc) is 1.84. The van der Waals surface area contributed by atoms with Crippen LogP contribution < -0.4 is 0 Å². The molecule has 0 saturated heterocycles. The molecule has 62 valence electrons. The van der Waals surface area contributed by atoms with E-state index in [0.29, 0.717) is 12.8 Å². The molecule has 0 aromatic heterocycles. The summed E-state index contributed by atoms with van der Waals surface area (Å²) in [4.78, 5) is 0. The second-order valence-corrected chi connectivity index (χ2v) is 2.86. The Kier molecular flexibility index (Phi) is 3.86. The minimum Gasteiger partial charge on any atom is -0.396 e. The molecule has 0 spiro atoms. The Labute approximate surface area is 61.3 Å². The van der Waals surface area contributed by atoms with Gasteiger partial charge in [0.25, 0.3) is 0 Å². The molecule has 0 radical (unpaired) electrons. The number of hydrogen-bond acceptors (Lipinski definition) is 3. The van der Waals surface area contributed by atoms with Crippen molar-refractivity contribution >= 4 is 0 Å². The van der Waals surface area contributed by atoms with Crippen molar-refractivity contribution in [3.05, 3.63) is 0 Å². The third-order valence-corrected chi connectivity index (χ3v) is 1.74. The first-order valence-corrected chi connectivity index (χ1v) is 3.52. The van der Waals surface area contributed by atoms with Gasteiger partial charge in [-0.25, -0.2) is 0 Å². The van der Waals surface area contributed by atoms with Gasteiger partial charge in [-0.05, 0) is 26.7 Å². The van der Waals surface area contributed by atoms with Gasteiger partial charge in [-0.3, -0.25) is 0 Å². The van der Waals surface area contributed by atoms with Crippen molar-refractivity contribution in [2.75, 3.05) is 6.61 Å². The average molecular weight is 148 g/mol. The summed E-state index contributed by atoms with van der Waals surface area (Å²) in [6, 6.07) is 0. The minimum atomic E-state index is -1.05. The molecule has 2 unspecified atom stereocenters.